The number of amides is 1. The molecule has 0 saturated carbocycles. The summed E-state index contributed by atoms with van der Waals surface area (Å²) in [5.41, 5.74) is -1.37. The average Bonchev–Trinajstić information content (AvgIpc) is 3.07. The molecule has 0 aromatic carbocycles. The van der Waals surface area contributed by atoms with Crippen LogP contribution in [0.3, 0.4) is 0 Å². The van der Waals surface area contributed by atoms with Gasteiger partial charge >= 0.3 is 12.1 Å². The SMILES string of the molecule is CS[C@@H]1C(C(=O)C(F)(F)F)=C(CC(=O)O)C(=O)N1C[C@@H]1CCCO1. The smallest absolute Gasteiger partial charge is 0.454 e. The van der Waals surface area contributed by atoms with E-state index in [0.29, 0.717) is 13.0 Å². The van der Waals surface area contributed by atoms with Crippen LogP contribution in [0, 0.1) is 0 Å². The van der Waals surface area contributed by atoms with Crippen LogP contribution in [0.5, 0.6) is 0 Å². The Balaban J connectivity index is 2.38. The van der Waals surface area contributed by atoms with Gasteiger partial charge in [0.25, 0.3) is 11.7 Å². The minimum absolute atomic E-state index is 0.0299. The van der Waals surface area contributed by atoms with Gasteiger partial charge < -0.3 is 14.7 Å². The van der Waals surface area contributed by atoms with Crippen LogP contribution in [0.4, 0.5) is 13.2 Å². The largest absolute Gasteiger partial charge is 0.481 e. The number of Topliss-reactive ketones (excluding diaryl/α,β-unsaturated/α-hetero) is 1. The zero-order chi connectivity index (χ0) is 18.1. The molecule has 0 unspecified atom stereocenters. The summed E-state index contributed by atoms with van der Waals surface area (Å²) in [6.07, 6.45) is -3.52. The van der Waals surface area contributed by atoms with Crippen LogP contribution in [0.2, 0.25) is 0 Å². The van der Waals surface area contributed by atoms with E-state index in [9.17, 15) is 27.6 Å². The third kappa shape index (κ3) is 3.75. The first-order valence-electron chi connectivity index (χ1n) is 7.18. The van der Waals surface area contributed by atoms with E-state index >= 15 is 0 Å². The fraction of sp³-hybridized carbons (Fsp3) is 0.643. The third-order valence-corrected chi connectivity index (χ3v) is 4.79. The summed E-state index contributed by atoms with van der Waals surface area (Å²) in [5, 5.41) is 7.73. The summed E-state index contributed by atoms with van der Waals surface area (Å²) in [6, 6.07) is 0. The highest BCUT2D eigenvalue weighted by Gasteiger charge is 2.51. The summed E-state index contributed by atoms with van der Waals surface area (Å²) >= 11 is 0.889. The molecule has 24 heavy (non-hydrogen) atoms. The van der Waals surface area contributed by atoms with Crippen LogP contribution in [0.1, 0.15) is 19.3 Å². The second-order valence-corrected chi connectivity index (χ2v) is 6.39. The Labute approximate surface area is 140 Å². The molecule has 2 atom stereocenters. The molecule has 2 aliphatic heterocycles. The van der Waals surface area contributed by atoms with E-state index < -0.39 is 46.8 Å². The van der Waals surface area contributed by atoms with Crippen LogP contribution < -0.4 is 0 Å². The van der Waals surface area contributed by atoms with E-state index in [-0.39, 0.29) is 12.6 Å². The first-order valence-corrected chi connectivity index (χ1v) is 8.47. The predicted octanol–water partition coefficient (Wildman–Crippen LogP) is 1.60. The fourth-order valence-electron chi connectivity index (χ4n) is 2.86. The van der Waals surface area contributed by atoms with Gasteiger partial charge in [0, 0.05) is 24.3 Å². The first kappa shape index (κ1) is 18.8. The van der Waals surface area contributed by atoms with Crippen LogP contribution in [-0.4, -0.2) is 64.7 Å². The maximum absolute atomic E-state index is 12.9. The molecule has 2 aliphatic rings. The molecule has 1 fully saturated rings. The van der Waals surface area contributed by atoms with Crippen molar-refractivity contribution in [1.29, 1.82) is 0 Å². The number of thioether (sulfide) groups is 1. The molecular weight excluding hydrogens is 351 g/mol. The topological polar surface area (TPSA) is 83.9 Å². The van der Waals surface area contributed by atoms with E-state index in [2.05, 4.69) is 0 Å². The van der Waals surface area contributed by atoms with Gasteiger partial charge in [0.05, 0.1) is 12.5 Å². The lowest BCUT2D eigenvalue weighted by Crippen LogP contribution is -2.41. The summed E-state index contributed by atoms with van der Waals surface area (Å²) in [4.78, 5) is 36.3. The highest BCUT2D eigenvalue weighted by molar-refractivity contribution is 7.99. The van der Waals surface area contributed by atoms with Gasteiger partial charge in [-0.05, 0) is 19.1 Å². The summed E-state index contributed by atoms with van der Waals surface area (Å²) in [5.74, 6) is -4.48. The van der Waals surface area contributed by atoms with Crippen molar-refractivity contribution in [2.24, 2.45) is 0 Å². The highest BCUT2D eigenvalue weighted by atomic mass is 32.2. The minimum atomic E-state index is -5.17. The Bertz CT molecular complexity index is 583. The number of nitrogens with zero attached hydrogens (tertiary/aromatic N) is 1. The fourth-order valence-corrected chi connectivity index (χ4v) is 3.78. The summed E-state index contributed by atoms with van der Waals surface area (Å²) < 4.78 is 44.0. The van der Waals surface area contributed by atoms with Crippen molar-refractivity contribution in [3.05, 3.63) is 11.1 Å². The number of carboxylic acids is 1. The van der Waals surface area contributed by atoms with E-state index in [0.717, 1.165) is 23.1 Å². The van der Waals surface area contributed by atoms with E-state index in [1.165, 1.54) is 6.26 Å². The lowest BCUT2D eigenvalue weighted by Gasteiger charge is -2.27. The highest BCUT2D eigenvalue weighted by Crippen LogP contribution is 2.38. The van der Waals surface area contributed by atoms with Crippen molar-refractivity contribution in [2.75, 3.05) is 19.4 Å². The number of halogens is 3. The second kappa shape index (κ2) is 7.14. The van der Waals surface area contributed by atoms with Crippen molar-refractivity contribution >= 4 is 29.4 Å². The maximum Gasteiger partial charge on any atom is 0.454 e. The third-order valence-electron chi connectivity index (χ3n) is 3.85. The number of carboxylic acid groups (broad SMARTS) is 1. The van der Waals surface area contributed by atoms with Crippen LogP contribution >= 0.6 is 11.8 Å². The van der Waals surface area contributed by atoms with Gasteiger partial charge in [0.1, 0.15) is 5.37 Å². The molecule has 134 valence electrons. The lowest BCUT2D eigenvalue weighted by atomic mass is 10.0. The zero-order valence-electron chi connectivity index (χ0n) is 12.8. The normalized spacial score (nSPS) is 24.8. The minimum Gasteiger partial charge on any atom is -0.481 e. The van der Waals surface area contributed by atoms with Crippen LogP contribution in [0.15, 0.2) is 11.1 Å². The Morgan fingerprint density at radius 1 is 1.42 bits per heavy atom. The molecule has 0 aromatic heterocycles. The first-order chi connectivity index (χ1) is 11.2. The standard InChI is InChI=1S/C14H16F3NO5S/c1-24-13-10(11(21)14(15,16)17)8(5-9(19)20)12(22)18(13)6-7-3-2-4-23-7/h7,13H,2-6H2,1H3,(H,19,20)/t7-,13+/m0/s1. The van der Waals surface area contributed by atoms with Crippen molar-refractivity contribution in [3.63, 3.8) is 0 Å². The number of hydrogen-bond donors (Lipinski definition) is 1. The lowest BCUT2D eigenvalue weighted by molar-refractivity contribution is -0.166. The molecule has 1 N–H and O–H groups in total. The molecule has 0 aliphatic carbocycles. The van der Waals surface area contributed by atoms with Crippen molar-refractivity contribution in [2.45, 2.75) is 36.9 Å². The molecule has 0 radical (unpaired) electrons. The molecule has 2 rings (SSSR count). The van der Waals surface area contributed by atoms with E-state index in [4.69, 9.17) is 9.84 Å². The molecule has 1 amide bonds. The number of ether oxygens (including phenoxy) is 1. The molecular formula is C14H16F3NO5S. The number of rotatable bonds is 6. The zero-order valence-corrected chi connectivity index (χ0v) is 13.6. The van der Waals surface area contributed by atoms with Crippen LogP contribution in [-0.2, 0) is 19.1 Å². The Hall–Kier alpha value is -1.55. The van der Waals surface area contributed by atoms with Gasteiger partial charge in [-0.1, -0.05) is 0 Å². The molecule has 0 spiro atoms. The number of carbonyl (C=O) groups is 3. The monoisotopic (exact) mass is 367 g/mol. The predicted molar refractivity (Wildman–Crippen MR) is 78.3 cm³/mol. The Kier molecular flexibility index (Phi) is 5.59. The van der Waals surface area contributed by atoms with Gasteiger partial charge in [-0.25, -0.2) is 0 Å². The Morgan fingerprint density at radius 3 is 2.54 bits per heavy atom. The molecule has 0 aromatic rings. The van der Waals surface area contributed by atoms with Gasteiger partial charge in [-0.2, -0.15) is 13.2 Å². The van der Waals surface area contributed by atoms with Gasteiger partial charge in [-0.3, -0.25) is 14.4 Å². The maximum atomic E-state index is 12.9. The number of carbonyl (C=O) groups excluding carboxylic acids is 2. The number of aliphatic carboxylic acids is 1. The van der Waals surface area contributed by atoms with E-state index in [1.807, 2.05) is 0 Å². The number of hydrogen-bond acceptors (Lipinski definition) is 5. The van der Waals surface area contributed by atoms with Crippen molar-refractivity contribution < 1.29 is 37.4 Å². The average molecular weight is 367 g/mol. The van der Waals surface area contributed by atoms with Gasteiger partial charge in [-0.15, -0.1) is 11.8 Å². The summed E-state index contributed by atoms with van der Waals surface area (Å²) in [6.45, 7) is 0.530. The molecule has 0 bridgehead atoms. The van der Waals surface area contributed by atoms with E-state index in [1.54, 1.807) is 0 Å². The Morgan fingerprint density at radius 2 is 2.08 bits per heavy atom. The molecule has 1 saturated heterocycles. The number of ketones is 1. The van der Waals surface area contributed by atoms with Crippen molar-refractivity contribution in [1.82, 2.24) is 4.90 Å². The molecule has 6 nitrogen and oxygen atoms in total. The summed E-state index contributed by atoms with van der Waals surface area (Å²) in [7, 11) is 0. The van der Waals surface area contributed by atoms with Gasteiger partial charge in [0.15, 0.2) is 0 Å². The molecule has 10 heteroatoms. The number of alkyl halides is 3. The second-order valence-electron chi connectivity index (χ2n) is 5.47. The quantitative estimate of drug-likeness (QED) is 0.768. The van der Waals surface area contributed by atoms with Crippen LogP contribution in [0.25, 0.3) is 0 Å². The molecule has 2 heterocycles. The van der Waals surface area contributed by atoms with Crippen molar-refractivity contribution in [3.8, 4) is 0 Å². The van der Waals surface area contributed by atoms with Gasteiger partial charge in [0.2, 0.25) is 0 Å².